The number of likely N-dealkylation sites (tertiary alicyclic amines) is 1. The van der Waals surface area contributed by atoms with Crippen molar-refractivity contribution in [1.82, 2.24) is 10.2 Å². The van der Waals surface area contributed by atoms with E-state index in [9.17, 15) is 9.59 Å². The molecule has 0 aliphatic carbocycles. The number of nitrogens with one attached hydrogen (secondary N) is 1. The maximum Gasteiger partial charge on any atom is 0.230 e. The number of carbonyl (C=O) groups is 2. The first-order valence-electron chi connectivity index (χ1n) is 4.16. The van der Waals surface area contributed by atoms with E-state index in [0.717, 1.165) is 13.0 Å². The van der Waals surface area contributed by atoms with Crippen molar-refractivity contribution >= 4 is 11.8 Å². The van der Waals surface area contributed by atoms with Gasteiger partial charge in [0.2, 0.25) is 11.8 Å². The number of nitrogens with zero attached hydrogens (tertiary/aromatic N) is 1. The lowest BCUT2D eigenvalue weighted by atomic mass is 9.71. The summed E-state index contributed by atoms with van der Waals surface area (Å²) in [5, 5.41) is 2.73. The SMILES string of the molecule is CN1C[C@@]2(CCNC(=O)C2)C1=O. The molecule has 12 heavy (non-hydrogen) atoms. The fourth-order valence-electron chi connectivity index (χ4n) is 2.12. The summed E-state index contributed by atoms with van der Waals surface area (Å²) in [6.45, 7) is 1.40. The Hall–Kier alpha value is -1.06. The van der Waals surface area contributed by atoms with E-state index >= 15 is 0 Å². The summed E-state index contributed by atoms with van der Waals surface area (Å²) in [5.41, 5.74) is -0.322. The van der Waals surface area contributed by atoms with E-state index < -0.39 is 0 Å². The van der Waals surface area contributed by atoms with Crippen LogP contribution in [0.25, 0.3) is 0 Å². The Morgan fingerprint density at radius 3 is 2.75 bits per heavy atom. The van der Waals surface area contributed by atoms with Crippen LogP contribution in [0.3, 0.4) is 0 Å². The van der Waals surface area contributed by atoms with Gasteiger partial charge in [-0.25, -0.2) is 0 Å². The number of β-lactam (4-membered cyclic amide) rings is 1. The van der Waals surface area contributed by atoms with Crippen molar-refractivity contribution in [3.8, 4) is 0 Å². The van der Waals surface area contributed by atoms with Crippen LogP contribution in [0.4, 0.5) is 0 Å². The van der Waals surface area contributed by atoms with E-state index in [1.807, 2.05) is 0 Å². The van der Waals surface area contributed by atoms with Gasteiger partial charge in [0.25, 0.3) is 0 Å². The zero-order valence-corrected chi connectivity index (χ0v) is 7.09. The average molecular weight is 168 g/mol. The molecule has 1 spiro atoms. The first-order valence-corrected chi connectivity index (χ1v) is 4.16. The lowest BCUT2D eigenvalue weighted by molar-refractivity contribution is -0.163. The molecule has 1 N–H and O–H groups in total. The number of hydrogen-bond acceptors (Lipinski definition) is 2. The Bertz CT molecular complexity index is 247. The van der Waals surface area contributed by atoms with Crippen LogP contribution in [-0.4, -0.2) is 36.9 Å². The third-order valence-electron chi connectivity index (χ3n) is 2.76. The van der Waals surface area contributed by atoms with Gasteiger partial charge in [-0.2, -0.15) is 0 Å². The second-order valence-electron chi connectivity index (χ2n) is 3.72. The van der Waals surface area contributed by atoms with Crippen LogP contribution >= 0.6 is 0 Å². The van der Waals surface area contributed by atoms with Gasteiger partial charge in [-0.15, -0.1) is 0 Å². The highest BCUT2D eigenvalue weighted by Gasteiger charge is 2.52. The molecule has 0 radical (unpaired) electrons. The summed E-state index contributed by atoms with van der Waals surface area (Å²) in [6.07, 6.45) is 1.19. The monoisotopic (exact) mass is 168 g/mol. The molecule has 2 aliphatic rings. The van der Waals surface area contributed by atoms with Crippen LogP contribution in [0.1, 0.15) is 12.8 Å². The molecule has 0 bridgehead atoms. The maximum absolute atomic E-state index is 11.4. The molecule has 2 heterocycles. The third kappa shape index (κ3) is 0.838. The molecule has 0 unspecified atom stereocenters. The molecule has 1 atom stereocenters. The fourth-order valence-corrected chi connectivity index (χ4v) is 2.12. The Balaban J connectivity index is 2.12. The molecule has 66 valence electrons. The van der Waals surface area contributed by atoms with Crippen molar-refractivity contribution in [1.29, 1.82) is 0 Å². The first kappa shape index (κ1) is 7.58. The van der Waals surface area contributed by atoms with Crippen molar-refractivity contribution in [3.05, 3.63) is 0 Å². The van der Waals surface area contributed by atoms with Crippen LogP contribution < -0.4 is 5.32 Å². The lowest BCUT2D eigenvalue weighted by Crippen LogP contribution is -2.63. The van der Waals surface area contributed by atoms with Crippen molar-refractivity contribution in [2.24, 2.45) is 5.41 Å². The van der Waals surface area contributed by atoms with Gasteiger partial charge in [-0.3, -0.25) is 9.59 Å². The minimum Gasteiger partial charge on any atom is -0.356 e. The minimum atomic E-state index is -0.322. The molecule has 0 aromatic heterocycles. The molecule has 0 aromatic carbocycles. The molecule has 2 fully saturated rings. The van der Waals surface area contributed by atoms with Crippen molar-refractivity contribution < 1.29 is 9.59 Å². The van der Waals surface area contributed by atoms with Crippen LogP contribution in [0.15, 0.2) is 0 Å². The third-order valence-corrected chi connectivity index (χ3v) is 2.76. The molecular formula is C8H12N2O2. The van der Waals surface area contributed by atoms with Gasteiger partial charge in [-0.05, 0) is 6.42 Å². The van der Waals surface area contributed by atoms with Gasteiger partial charge < -0.3 is 10.2 Å². The Morgan fingerprint density at radius 1 is 1.50 bits per heavy atom. The highest BCUT2D eigenvalue weighted by molar-refractivity contribution is 5.94. The molecule has 4 nitrogen and oxygen atoms in total. The number of carbonyl (C=O) groups excluding carboxylic acids is 2. The van der Waals surface area contributed by atoms with Crippen molar-refractivity contribution in [3.63, 3.8) is 0 Å². The molecule has 2 aliphatic heterocycles. The van der Waals surface area contributed by atoms with E-state index in [4.69, 9.17) is 0 Å². The summed E-state index contributed by atoms with van der Waals surface area (Å²) in [5.74, 6) is 0.153. The average Bonchev–Trinajstić information content (AvgIpc) is 2.04. The number of rotatable bonds is 0. The van der Waals surface area contributed by atoms with Crippen LogP contribution in [-0.2, 0) is 9.59 Å². The minimum absolute atomic E-state index is 0.0164. The Kier molecular flexibility index (Phi) is 1.40. The second kappa shape index (κ2) is 2.21. The topological polar surface area (TPSA) is 49.4 Å². The summed E-state index contributed by atoms with van der Waals surface area (Å²) < 4.78 is 0. The van der Waals surface area contributed by atoms with Gasteiger partial charge in [0, 0.05) is 26.6 Å². The van der Waals surface area contributed by atoms with Crippen molar-refractivity contribution in [2.75, 3.05) is 20.1 Å². The quantitative estimate of drug-likeness (QED) is 0.489. The largest absolute Gasteiger partial charge is 0.356 e. The maximum atomic E-state index is 11.4. The number of piperidine rings is 1. The standard InChI is InChI=1S/C8H12N2O2/c1-10-5-8(7(10)12)2-3-9-6(11)4-8/h2-5H2,1H3,(H,9,11)/t8-/m0/s1. The van der Waals surface area contributed by atoms with Gasteiger partial charge in [-0.1, -0.05) is 0 Å². The summed E-state index contributed by atoms with van der Waals surface area (Å²) in [4.78, 5) is 24.2. The lowest BCUT2D eigenvalue weighted by Gasteiger charge is -2.48. The van der Waals surface area contributed by atoms with E-state index in [2.05, 4.69) is 5.32 Å². The fraction of sp³-hybridized carbons (Fsp3) is 0.750. The highest BCUT2D eigenvalue weighted by atomic mass is 16.2. The number of amides is 2. The van der Waals surface area contributed by atoms with Gasteiger partial charge >= 0.3 is 0 Å². The molecule has 0 aromatic rings. The van der Waals surface area contributed by atoms with Gasteiger partial charge in [0.1, 0.15) is 0 Å². The van der Waals surface area contributed by atoms with Gasteiger partial charge in [0.05, 0.1) is 5.41 Å². The zero-order valence-electron chi connectivity index (χ0n) is 7.09. The molecule has 0 saturated carbocycles. The molecule has 2 amide bonds. The zero-order chi connectivity index (χ0) is 8.77. The Morgan fingerprint density at radius 2 is 2.25 bits per heavy atom. The number of hydrogen-bond donors (Lipinski definition) is 1. The summed E-state index contributed by atoms with van der Waals surface area (Å²) >= 11 is 0. The van der Waals surface area contributed by atoms with Crippen LogP contribution in [0.5, 0.6) is 0 Å². The van der Waals surface area contributed by atoms with E-state index in [1.165, 1.54) is 0 Å². The van der Waals surface area contributed by atoms with Crippen LogP contribution in [0, 0.1) is 5.41 Å². The van der Waals surface area contributed by atoms with Crippen LogP contribution in [0.2, 0.25) is 0 Å². The van der Waals surface area contributed by atoms with Crippen molar-refractivity contribution in [2.45, 2.75) is 12.8 Å². The smallest absolute Gasteiger partial charge is 0.230 e. The Labute approximate surface area is 70.9 Å². The second-order valence-corrected chi connectivity index (χ2v) is 3.72. The summed E-state index contributed by atoms with van der Waals surface area (Å²) in [6, 6.07) is 0. The van der Waals surface area contributed by atoms with E-state index in [0.29, 0.717) is 13.0 Å². The molecule has 2 saturated heterocycles. The molecule has 2 rings (SSSR count). The van der Waals surface area contributed by atoms with E-state index in [-0.39, 0.29) is 17.2 Å². The highest BCUT2D eigenvalue weighted by Crippen LogP contribution is 2.39. The first-order chi connectivity index (χ1) is 5.64. The predicted molar refractivity (Wildman–Crippen MR) is 42.3 cm³/mol. The predicted octanol–water partition coefficient (Wildman–Crippen LogP) is -0.645. The normalized spacial score (nSPS) is 34.9. The van der Waals surface area contributed by atoms with Gasteiger partial charge in [0.15, 0.2) is 0 Å². The summed E-state index contributed by atoms with van der Waals surface area (Å²) in [7, 11) is 1.78. The molecule has 4 heteroatoms. The van der Waals surface area contributed by atoms with E-state index in [1.54, 1.807) is 11.9 Å². The molecular weight excluding hydrogens is 156 g/mol.